The van der Waals surface area contributed by atoms with Gasteiger partial charge in [-0.3, -0.25) is 9.59 Å². The molecule has 17 heavy (non-hydrogen) atoms. The Balaban J connectivity index is 1.79. The van der Waals surface area contributed by atoms with E-state index in [4.69, 9.17) is 0 Å². The van der Waals surface area contributed by atoms with Crippen molar-refractivity contribution in [1.82, 2.24) is 5.32 Å². The molecule has 1 saturated heterocycles. The van der Waals surface area contributed by atoms with Crippen LogP contribution >= 0.6 is 0 Å². The second-order valence-electron chi connectivity index (χ2n) is 6.35. The van der Waals surface area contributed by atoms with Gasteiger partial charge >= 0.3 is 0 Å². The molecular formula is C14H19NO2. The van der Waals surface area contributed by atoms with Gasteiger partial charge in [0, 0.05) is 23.8 Å². The Morgan fingerprint density at radius 2 is 1.47 bits per heavy atom. The number of rotatable bonds is 0. The van der Waals surface area contributed by atoms with Crippen molar-refractivity contribution in [2.24, 2.45) is 29.6 Å². The van der Waals surface area contributed by atoms with Crippen molar-refractivity contribution in [3.05, 3.63) is 0 Å². The second-order valence-corrected chi connectivity index (χ2v) is 6.35. The number of nitrogens with one attached hydrogen (secondary N) is 1. The summed E-state index contributed by atoms with van der Waals surface area (Å²) in [6.07, 6.45) is 6.41. The first-order chi connectivity index (χ1) is 8.27. The van der Waals surface area contributed by atoms with Gasteiger partial charge in [0.05, 0.1) is 0 Å². The molecule has 1 aliphatic heterocycles. The van der Waals surface area contributed by atoms with Gasteiger partial charge < -0.3 is 5.32 Å². The molecule has 1 amide bonds. The molecule has 3 aliphatic carbocycles. The molecule has 0 bridgehead atoms. The van der Waals surface area contributed by atoms with Crippen molar-refractivity contribution in [2.75, 3.05) is 0 Å². The number of carbonyl (C=O) groups is 2. The maximum Gasteiger partial charge on any atom is 0.223 e. The fraction of sp³-hybridized carbons (Fsp3) is 0.857. The van der Waals surface area contributed by atoms with Crippen LogP contribution in [0, 0.1) is 29.6 Å². The van der Waals surface area contributed by atoms with Crippen molar-refractivity contribution in [2.45, 2.75) is 44.6 Å². The summed E-state index contributed by atoms with van der Waals surface area (Å²) in [7, 11) is 0. The number of Topliss-reactive ketones (excluding diaryl/α,β-unsaturated/α-hetero) is 1. The van der Waals surface area contributed by atoms with E-state index in [1.807, 2.05) is 0 Å². The zero-order valence-corrected chi connectivity index (χ0v) is 10.0. The van der Waals surface area contributed by atoms with Gasteiger partial charge in [0.2, 0.25) is 5.91 Å². The molecule has 6 atom stereocenters. The SMILES string of the molecule is O=C1NC2CCCC3C(=O)C4CCCC1C4C23. The van der Waals surface area contributed by atoms with E-state index in [-0.39, 0.29) is 23.7 Å². The van der Waals surface area contributed by atoms with Crippen molar-refractivity contribution >= 4 is 11.7 Å². The Bertz CT molecular complexity index is 392. The lowest BCUT2D eigenvalue weighted by Gasteiger charge is -2.46. The molecule has 3 heteroatoms. The van der Waals surface area contributed by atoms with Gasteiger partial charge in [0.1, 0.15) is 5.78 Å². The van der Waals surface area contributed by atoms with Crippen LogP contribution in [0.25, 0.3) is 0 Å². The zero-order chi connectivity index (χ0) is 11.6. The third kappa shape index (κ3) is 1.18. The lowest BCUT2D eigenvalue weighted by Crippen LogP contribution is -2.57. The molecule has 6 unspecified atom stereocenters. The number of carbonyl (C=O) groups excluding carboxylic acids is 2. The molecule has 0 spiro atoms. The maximum absolute atomic E-state index is 12.5. The summed E-state index contributed by atoms with van der Waals surface area (Å²) in [4.78, 5) is 24.6. The van der Waals surface area contributed by atoms with E-state index in [0.29, 0.717) is 23.7 Å². The van der Waals surface area contributed by atoms with Crippen molar-refractivity contribution in [3.8, 4) is 0 Å². The van der Waals surface area contributed by atoms with Gasteiger partial charge in [-0.15, -0.1) is 0 Å². The van der Waals surface area contributed by atoms with Crippen LogP contribution in [0.15, 0.2) is 0 Å². The van der Waals surface area contributed by atoms with Gasteiger partial charge in [-0.05, 0) is 37.5 Å². The summed E-state index contributed by atoms with van der Waals surface area (Å²) in [6, 6.07) is 0.314. The van der Waals surface area contributed by atoms with Crippen LogP contribution in [0.4, 0.5) is 0 Å². The number of ketones is 1. The topological polar surface area (TPSA) is 46.2 Å². The Morgan fingerprint density at radius 1 is 0.824 bits per heavy atom. The van der Waals surface area contributed by atoms with E-state index < -0.39 is 0 Å². The summed E-state index contributed by atoms with van der Waals surface area (Å²) in [5, 5.41) is 3.20. The van der Waals surface area contributed by atoms with Gasteiger partial charge in [-0.2, -0.15) is 0 Å². The second kappa shape index (κ2) is 3.33. The number of hydrogen-bond donors (Lipinski definition) is 1. The Labute approximate surface area is 101 Å². The lowest BCUT2D eigenvalue weighted by molar-refractivity contribution is -0.136. The highest BCUT2D eigenvalue weighted by atomic mass is 16.2. The highest BCUT2D eigenvalue weighted by molar-refractivity contribution is 5.90. The largest absolute Gasteiger partial charge is 0.353 e. The van der Waals surface area contributed by atoms with Gasteiger partial charge in [-0.25, -0.2) is 0 Å². The Kier molecular flexibility index (Phi) is 1.98. The molecule has 0 aromatic rings. The van der Waals surface area contributed by atoms with Crippen LogP contribution in [-0.4, -0.2) is 17.7 Å². The smallest absolute Gasteiger partial charge is 0.223 e. The third-order valence-electron chi connectivity index (χ3n) is 5.76. The van der Waals surface area contributed by atoms with Crippen molar-refractivity contribution in [3.63, 3.8) is 0 Å². The average molecular weight is 233 g/mol. The summed E-state index contributed by atoms with van der Waals surface area (Å²) in [5.41, 5.74) is 0. The molecule has 0 aromatic carbocycles. The Morgan fingerprint density at radius 3 is 2.29 bits per heavy atom. The molecule has 4 fully saturated rings. The standard InChI is InChI=1S/C14H19NO2/c16-13-7-3-1-5-9-11(7)12-8(13)4-2-6-10(12)15-14(9)17/h7-12H,1-6H2,(H,15,17). The highest BCUT2D eigenvalue weighted by Gasteiger charge is 2.60. The first-order valence-corrected chi connectivity index (χ1v) is 7.11. The fourth-order valence-electron chi connectivity index (χ4n) is 5.22. The summed E-state index contributed by atoms with van der Waals surface area (Å²) >= 11 is 0. The average Bonchev–Trinajstić information content (AvgIpc) is 2.64. The minimum absolute atomic E-state index is 0.155. The van der Waals surface area contributed by atoms with Gasteiger partial charge in [-0.1, -0.05) is 12.8 Å². The normalized spacial score (nSPS) is 52.0. The Hall–Kier alpha value is -0.860. The molecule has 4 aliphatic rings. The quantitative estimate of drug-likeness (QED) is 0.689. The molecule has 3 nitrogen and oxygen atoms in total. The van der Waals surface area contributed by atoms with Crippen molar-refractivity contribution in [1.29, 1.82) is 0 Å². The van der Waals surface area contributed by atoms with Crippen LogP contribution < -0.4 is 5.32 Å². The number of amides is 1. The van der Waals surface area contributed by atoms with Crippen LogP contribution in [0.5, 0.6) is 0 Å². The van der Waals surface area contributed by atoms with Crippen molar-refractivity contribution < 1.29 is 9.59 Å². The van der Waals surface area contributed by atoms with Crippen LogP contribution in [0.3, 0.4) is 0 Å². The highest BCUT2D eigenvalue weighted by Crippen LogP contribution is 2.56. The molecule has 4 rings (SSSR count). The van der Waals surface area contributed by atoms with E-state index in [2.05, 4.69) is 5.32 Å². The molecular weight excluding hydrogens is 214 g/mol. The van der Waals surface area contributed by atoms with Crippen LogP contribution in [0.2, 0.25) is 0 Å². The third-order valence-corrected chi connectivity index (χ3v) is 5.76. The summed E-state index contributed by atoms with van der Waals surface area (Å²) < 4.78 is 0. The molecule has 0 aromatic heterocycles. The van der Waals surface area contributed by atoms with E-state index in [9.17, 15) is 9.59 Å². The summed E-state index contributed by atoms with van der Waals surface area (Å²) in [6.45, 7) is 0. The van der Waals surface area contributed by atoms with Gasteiger partial charge in [0.25, 0.3) is 0 Å². The molecule has 3 saturated carbocycles. The van der Waals surface area contributed by atoms with E-state index in [1.54, 1.807) is 0 Å². The predicted octanol–water partition coefficient (Wildman–Crippen LogP) is 1.52. The molecule has 1 heterocycles. The molecule has 0 radical (unpaired) electrons. The fourth-order valence-corrected chi connectivity index (χ4v) is 5.22. The maximum atomic E-state index is 12.5. The zero-order valence-electron chi connectivity index (χ0n) is 10.0. The van der Waals surface area contributed by atoms with Crippen LogP contribution in [0.1, 0.15) is 38.5 Å². The monoisotopic (exact) mass is 233 g/mol. The minimum atomic E-state index is 0.155. The van der Waals surface area contributed by atoms with Gasteiger partial charge in [0.15, 0.2) is 0 Å². The number of hydrogen-bond acceptors (Lipinski definition) is 2. The summed E-state index contributed by atoms with van der Waals surface area (Å²) in [5.74, 6) is 2.31. The molecule has 92 valence electrons. The van der Waals surface area contributed by atoms with E-state index in [0.717, 1.165) is 38.5 Å². The predicted molar refractivity (Wildman–Crippen MR) is 62.1 cm³/mol. The number of piperidine rings is 1. The van der Waals surface area contributed by atoms with E-state index >= 15 is 0 Å². The van der Waals surface area contributed by atoms with E-state index in [1.165, 1.54) is 0 Å². The first kappa shape index (κ1) is 10.1. The van der Waals surface area contributed by atoms with Crippen LogP contribution in [-0.2, 0) is 9.59 Å². The lowest BCUT2D eigenvalue weighted by atomic mass is 9.63. The first-order valence-electron chi connectivity index (χ1n) is 7.11. The minimum Gasteiger partial charge on any atom is -0.353 e. The molecule has 1 N–H and O–H groups in total.